The van der Waals surface area contributed by atoms with Crippen molar-refractivity contribution in [1.82, 2.24) is 10.2 Å². The van der Waals surface area contributed by atoms with Gasteiger partial charge in [-0.25, -0.2) is 14.0 Å². The average molecular weight is 512 g/mol. The van der Waals surface area contributed by atoms with Crippen LogP contribution < -0.4 is 10.6 Å². The molecular weight excluding hydrogens is 481 g/mol. The van der Waals surface area contributed by atoms with Gasteiger partial charge in [-0.2, -0.15) is 0 Å². The molecule has 0 unspecified atom stereocenters. The molecule has 4 aromatic carbocycles. The second-order valence-corrected chi connectivity index (χ2v) is 9.81. The molecule has 0 aliphatic carbocycles. The number of fused-ring (bicyclic) bond motifs is 1. The first kappa shape index (κ1) is 25.4. The molecule has 38 heavy (non-hydrogen) atoms. The van der Waals surface area contributed by atoms with Gasteiger partial charge in [-0.05, 0) is 52.9 Å². The van der Waals surface area contributed by atoms with Crippen LogP contribution in [0.25, 0.3) is 10.8 Å². The van der Waals surface area contributed by atoms with Gasteiger partial charge in [0.05, 0.1) is 11.3 Å². The summed E-state index contributed by atoms with van der Waals surface area (Å²) in [5.74, 6) is -1.73. The van der Waals surface area contributed by atoms with Crippen molar-refractivity contribution in [2.75, 3.05) is 25.0 Å². The summed E-state index contributed by atoms with van der Waals surface area (Å²) in [7, 11) is 0. The number of amides is 2. The number of anilines is 1. The van der Waals surface area contributed by atoms with E-state index in [0.717, 1.165) is 11.6 Å². The fraction of sp³-hybridized carbons (Fsp3) is 0.226. The molecule has 1 heterocycles. The molecule has 4 aromatic rings. The smallest absolute Gasteiger partial charge is 0.335 e. The number of hydrogen-bond donors (Lipinski definition) is 3. The number of aromatic carboxylic acids is 1. The molecule has 3 atom stereocenters. The Labute approximate surface area is 221 Å². The van der Waals surface area contributed by atoms with Gasteiger partial charge in [-0.3, -0.25) is 0 Å². The number of hydrogen-bond acceptors (Lipinski definition) is 3. The van der Waals surface area contributed by atoms with Crippen molar-refractivity contribution in [1.29, 1.82) is 0 Å². The van der Waals surface area contributed by atoms with Crippen molar-refractivity contribution < 1.29 is 19.1 Å². The number of urea groups is 1. The first-order valence-corrected chi connectivity index (χ1v) is 12.8. The number of nitrogens with zero attached hydrogens (tertiary/aromatic N) is 1. The number of benzene rings is 4. The Hall–Kier alpha value is -4.23. The zero-order chi connectivity index (χ0) is 26.6. The molecule has 3 N–H and O–H groups in total. The Morgan fingerprint density at radius 1 is 0.974 bits per heavy atom. The number of carbonyl (C=O) groups is 2. The van der Waals surface area contributed by atoms with Crippen LogP contribution in [0, 0.1) is 11.7 Å². The molecule has 5 rings (SSSR count). The maximum absolute atomic E-state index is 14.5. The predicted molar refractivity (Wildman–Crippen MR) is 147 cm³/mol. The van der Waals surface area contributed by atoms with E-state index in [9.17, 15) is 14.0 Å². The van der Waals surface area contributed by atoms with Gasteiger partial charge < -0.3 is 20.6 Å². The number of rotatable bonds is 7. The van der Waals surface area contributed by atoms with E-state index in [4.69, 9.17) is 5.11 Å². The molecule has 194 valence electrons. The summed E-state index contributed by atoms with van der Waals surface area (Å²) in [4.78, 5) is 25.9. The van der Waals surface area contributed by atoms with Gasteiger partial charge in [-0.15, -0.1) is 0 Å². The minimum absolute atomic E-state index is 0.0394. The third-order valence-corrected chi connectivity index (χ3v) is 7.39. The maximum atomic E-state index is 14.5. The van der Waals surface area contributed by atoms with Crippen LogP contribution in [0.4, 0.5) is 14.9 Å². The molecule has 0 radical (unpaired) electrons. The van der Waals surface area contributed by atoms with Gasteiger partial charge in [0, 0.05) is 31.6 Å². The predicted octanol–water partition coefficient (Wildman–Crippen LogP) is 6.28. The van der Waals surface area contributed by atoms with E-state index in [1.54, 1.807) is 4.90 Å². The van der Waals surface area contributed by atoms with Gasteiger partial charge in [0.25, 0.3) is 0 Å². The third-order valence-electron chi connectivity index (χ3n) is 7.39. The van der Waals surface area contributed by atoms with Crippen molar-refractivity contribution in [2.24, 2.45) is 5.92 Å². The van der Waals surface area contributed by atoms with Gasteiger partial charge in [0.1, 0.15) is 5.82 Å². The van der Waals surface area contributed by atoms with Gasteiger partial charge in [0.15, 0.2) is 0 Å². The highest BCUT2D eigenvalue weighted by molar-refractivity contribution is 5.92. The fourth-order valence-corrected chi connectivity index (χ4v) is 5.33. The number of carboxylic acids is 1. The largest absolute Gasteiger partial charge is 0.478 e. The number of likely N-dealkylation sites (tertiary alicyclic amines) is 1. The van der Waals surface area contributed by atoms with Crippen molar-refractivity contribution >= 4 is 28.5 Å². The zero-order valence-corrected chi connectivity index (χ0v) is 21.1. The Balaban J connectivity index is 1.31. The van der Waals surface area contributed by atoms with Crippen LogP contribution in [0.15, 0.2) is 91.0 Å². The van der Waals surface area contributed by atoms with Crippen LogP contribution in [0.5, 0.6) is 0 Å². The molecule has 0 saturated carbocycles. The van der Waals surface area contributed by atoms with Crippen molar-refractivity contribution in [3.05, 3.63) is 114 Å². The van der Waals surface area contributed by atoms with E-state index in [1.807, 2.05) is 24.3 Å². The topological polar surface area (TPSA) is 81.7 Å². The lowest BCUT2D eigenvalue weighted by Gasteiger charge is -2.23. The summed E-state index contributed by atoms with van der Waals surface area (Å²) in [6.07, 6.45) is 0. The minimum atomic E-state index is -1.22. The van der Waals surface area contributed by atoms with Crippen LogP contribution in [-0.2, 0) is 0 Å². The zero-order valence-electron chi connectivity index (χ0n) is 21.1. The second-order valence-electron chi connectivity index (χ2n) is 9.81. The Kier molecular flexibility index (Phi) is 7.38. The van der Waals surface area contributed by atoms with E-state index in [-0.39, 0.29) is 29.1 Å². The Bertz CT molecular complexity index is 1450. The van der Waals surface area contributed by atoms with Crippen molar-refractivity contribution in [2.45, 2.75) is 18.9 Å². The molecule has 2 amide bonds. The highest BCUT2D eigenvalue weighted by Crippen LogP contribution is 2.34. The van der Waals surface area contributed by atoms with E-state index in [0.29, 0.717) is 19.6 Å². The number of carboxylic acid groups (broad SMARTS) is 1. The summed E-state index contributed by atoms with van der Waals surface area (Å²) < 4.78 is 14.5. The molecule has 6 nitrogen and oxygen atoms in total. The molecule has 0 bridgehead atoms. The van der Waals surface area contributed by atoms with Crippen LogP contribution >= 0.6 is 0 Å². The number of halogens is 1. The molecule has 1 aliphatic heterocycles. The first-order chi connectivity index (χ1) is 18.4. The van der Waals surface area contributed by atoms with Crippen LogP contribution in [0.3, 0.4) is 0 Å². The maximum Gasteiger partial charge on any atom is 0.335 e. The molecule has 0 aromatic heterocycles. The minimum Gasteiger partial charge on any atom is -0.478 e. The lowest BCUT2D eigenvalue weighted by atomic mass is 9.88. The third kappa shape index (κ3) is 5.38. The molecule has 0 spiro atoms. The van der Waals surface area contributed by atoms with E-state index >= 15 is 0 Å². The second kappa shape index (κ2) is 11.0. The molecule has 1 fully saturated rings. The lowest BCUT2D eigenvalue weighted by molar-refractivity contribution is 0.0696. The van der Waals surface area contributed by atoms with E-state index < -0.39 is 17.8 Å². The summed E-state index contributed by atoms with van der Waals surface area (Å²) in [6.45, 7) is 3.87. The van der Waals surface area contributed by atoms with Crippen LogP contribution in [-0.4, -0.2) is 41.6 Å². The monoisotopic (exact) mass is 511 g/mol. The summed E-state index contributed by atoms with van der Waals surface area (Å²) in [5.41, 5.74) is 2.18. The van der Waals surface area contributed by atoms with Gasteiger partial charge >= 0.3 is 12.0 Å². The van der Waals surface area contributed by atoms with Crippen LogP contribution in [0.2, 0.25) is 0 Å². The van der Waals surface area contributed by atoms with Gasteiger partial charge in [-0.1, -0.05) is 72.8 Å². The summed E-state index contributed by atoms with van der Waals surface area (Å²) in [5, 5.41) is 17.8. The average Bonchev–Trinajstić information content (AvgIpc) is 3.37. The van der Waals surface area contributed by atoms with E-state index in [1.165, 1.54) is 28.5 Å². The summed E-state index contributed by atoms with van der Waals surface area (Å²) in [6, 6.07) is 28.0. The fourth-order valence-electron chi connectivity index (χ4n) is 5.33. The molecule has 7 heteroatoms. The van der Waals surface area contributed by atoms with Crippen molar-refractivity contribution in [3.8, 4) is 0 Å². The molecule has 1 saturated heterocycles. The highest BCUT2D eigenvalue weighted by atomic mass is 19.1. The standard InChI is InChI=1S/C31H30FN3O3/c1-20(25-13-7-11-21-10-5-6-12-26(21)25)33-17-24-18-35(19-27(24)22-8-3-2-4-9-22)31(38)34-29-15-14-23(30(36)37)16-28(29)32/h2-16,20,24,27,33H,17-19H2,1H3,(H,34,38)(H,36,37)/t20-,24+,27-/m1/s1. The number of nitrogens with one attached hydrogen (secondary N) is 2. The normalized spacial score (nSPS) is 17.9. The summed E-state index contributed by atoms with van der Waals surface area (Å²) >= 11 is 0. The lowest BCUT2D eigenvalue weighted by Crippen LogP contribution is -2.34. The Morgan fingerprint density at radius 3 is 2.47 bits per heavy atom. The SMILES string of the molecule is C[C@@H](NC[C@H]1CN(C(=O)Nc2ccc(C(=O)O)cc2F)C[C@@H]1c1ccccc1)c1cccc2ccccc12. The first-order valence-electron chi connectivity index (χ1n) is 12.8. The molecular formula is C31H30FN3O3. The van der Waals surface area contributed by atoms with E-state index in [2.05, 4.69) is 66.1 Å². The van der Waals surface area contributed by atoms with Gasteiger partial charge in [0.2, 0.25) is 0 Å². The number of carbonyl (C=O) groups excluding carboxylic acids is 1. The Morgan fingerprint density at radius 2 is 1.71 bits per heavy atom. The van der Waals surface area contributed by atoms with Crippen molar-refractivity contribution in [3.63, 3.8) is 0 Å². The quantitative estimate of drug-likeness (QED) is 0.273. The molecule has 1 aliphatic rings. The highest BCUT2D eigenvalue weighted by Gasteiger charge is 2.36. The van der Waals surface area contributed by atoms with Crippen LogP contribution in [0.1, 0.15) is 40.4 Å².